The van der Waals surface area contributed by atoms with Gasteiger partial charge in [-0.05, 0) is 49.1 Å². The maximum atomic E-state index is 12.5. The van der Waals surface area contributed by atoms with E-state index in [0.717, 1.165) is 22.0 Å². The molecule has 0 N–H and O–H groups in total. The minimum absolute atomic E-state index is 0.00777. The Morgan fingerprint density at radius 2 is 1.86 bits per heavy atom. The van der Waals surface area contributed by atoms with Crippen molar-refractivity contribution in [3.63, 3.8) is 0 Å². The molecule has 1 aliphatic carbocycles. The van der Waals surface area contributed by atoms with Gasteiger partial charge in [0.25, 0.3) is 0 Å². The number of rotatable bonds is 3. The second-order valence-electron chi connectivity index (χ2n) is 5.72. The van der Waals surface area contributed by atoms with Gasteiger partial charge in [-0.2, -0.15) is 0 Å². The Hall–Kier alpha value is -1.81. The third-order valence-corrected chi connectivity index (χ3v) is 4.58. The Kier molecular flexibility index (Phi) is 4.21. The van der Waals surface area contributed by atoms with Crippen LogP contribution in [0.4, 0.5) is 0 Å². The standard InChI is InChI=1S/C18H16BrNO2/c1-11-8-15-16(21)9-13(18(22)17(15)20-10-11)5-2-12-3-6-14(19)7-4-12/h3-4,6-10,15,17H,2,5H2,1H3. The molecule has 3 nitrogen and oxygen atoms in total. The normalized spacial score (nSPS) is 23.9. The lowest BCUT2D eigenvalue weighted by molar-refractivity contribution is -0.125. The van der Waals surface area contributed by atoms with E-state index in [1.165, 1.54) is 6.08 Å². The van der Waals surface area contributed by atoms with Gasteiger partial charge in [0, 0.05) is 16.3 Å². The monoisotopic (exact) mass is 357 g/mol. The molecule has 0 bridgehead atoms. The average Bonchev–Trinajstić information content (AvgIpc) is 2.51. The van der Waals surface area contributed by atoms with Crippen molar-refractivity contribution in [1.82, 2.24) is 0 Å². The van der Waals surface area contributed by atoms with Crippen LogP contribution in [-0.4, -0.2) is 23.8 Å². The van der Waals surface area contributed by atoms with Gasteiger partial charge in [0.05, 0.1) is 5.92 Å². The van der Waals surface area contributed by atoms with Crippen LogP contribution in [0.15, 0.2) is 57.0 Å². The number of hydrogen-bond donors (Lipinski definition) is 0. The van der Waals surface area contributed by atoms with Gasteiger partial charge < -0.3 is 0 Å². The highest BCUT2D eigenvalue weighted by Gasteiger charge is 2.37. The van der Waals surface area contributed by atoms with Crippen molar-refractivity contribution in [2.24, 2.45) is 10.9 Å². The summed E-state index contributed by atoms with van der Waals surface area (Å²) in [6.45, 7) is 1.89. The van der Waals surface area contributed by atoms with Gasteiger partial charge in [-0.15, -0.1) is 0 Å². The highest BCUT2D eigenvalue weighted by atomic mass is 79.9. The van der Waals surface area contributed by atoms with Crippen molar-refractivity contribution in [2.75, 3.05) is 0 Å². The van der Waals surface area contributed by atoms with Gasteiger partial charge in [0.15, 0.2) is 11.6 Å². The number of hydrogen-bond acceptors (Lipinski definition) is 3. The summed E-state index contributed by atoms with van der Waals surface area (Å²) in [6.07, 6.45) is 6.37. The predicted molar refractivity (Wildman–Crippen MR) is 90.1 cm³/mol. The summed E-state index contributed by atoms with van der Waals surface area (Å²) in [7, 11) is 0. The molecule has 112 valence electrons. The van der Waals surface area contributed by atoms with Crippen molar-refractivity contribution in [3.05, 3.63) is 57.6 Å². The lowest BCUT2D eigenvalue weighted by atomic mass is 9.79. The lowest BCUT2D eigenvalue weighted by Crippen LogP contribution is -2.39. The summed E-state index contributed by atoms with van der Waals surface area (Å²) in [5, 5.41) is 0. The van der Waals surface area contributed by atoms with Crippen LogP contribution in [0.25, 0.3) is 0 Å². The smallest absolute Gasteiger partial charge is 0.184 e. The number of ketones is 2. The molecule has 0 fully saturated rings. The van der Waals surface area contributed by atoms with Crippen LogP contribution >= 0.6 is 15.9 Å². The first-order valence-corrected chi connectivity index (χ1v) is 8.08. The second kappa shape index (κ2) is 6.13. The number of carbonyl (C=O) groups is 2. The maximum Gasteiger partial charge on any atom is 0.184 e. The molecule has 2 atom stereocenters. The largest absolute Gasteiger partial charge is 0.294 e. The molecule has 2 unspecified atom stereocenters. The van der Waals surface area contributed by atoms with E-state index in [0.29, 0.717) is 12.0 Å². The Balaban J connectivity index is 1.76. The van der Waals surface area contributed by atoms with E-state index in [4.69, 9.17) is 0 Å². The number of dihydropyridines is 1. The number of aryl methyl sites for hydroxylation is 1. The van der Waals surface area contributed by atoms with Crippen molar-refractivity contribution >= 4 is 33.7 Å². The molecule has 0 amide bonds. The van der Waals surface area contributed by atoms with Crippen molar-refractivity contribution in [2.45, 2.75) is 25.8 Å². The second-order valence-corrected chi connectivity index (χ2v) is 6.64. The fourth-order valence-corrected chi connectivity index (χ4v) is 3.10. The van der Waals surface area contributed by atoms with E-state index in [9.17, 15) is 9.59 Å². The topological polar surface area (TPSA) is 46.5 Å². The van der Waals surface area contributed by atoms with Crippen LogP contribution in [0.1, 0.15) is 18.9 Å². The molecule has 1 aromatic carbocycles. The fourth-order valence-electron chi connectivity index (χ4n) is 2.83. The molecule has 1 aromatic rings. The van der Waals surface area contributed by atoms with E-state index in [1.807, 2.05) is 37.3 Å². The van der Waals surface area contributed by atoms with Crippen LogP contribution in [0.3, 0.4) is 0 Å². The molecule has 4 heteroatoms. The number of benzene rings is 1. The van der Waals surface area contributed by atoms with Crippen LogP contribution in [0.2, 0.25) is 0 Å². The summed E-state index contributed by atoms with van der Waals surface area (Å²) in [5.74, 6) is -0.428. The number of carbonyl (C=O) groups excluding carboxylic acids is 2. The third-order valence-electron chi connectivity index (χ3n) is 4.05. The zero-order valence-electron chi connectivity index (χ0n) is 12.3. The first-order valence-electron chi connectivity index (χ1n) is 7.29. The molecule has 0 saturated carbocycles. The first-order chi connectivity index (χ1) is 10.5. The molecule has 1 aliphatic heterocycles. The quantitative estimate of drug-likeness (QED) is 0.831. The van der Waals surface area contributed by atoms with Gasteiger partial charge in [-0.3, -0.25) is 14.6 Å². The van der Waals surface area contributed by atoms with Gasteiger partial charge in [-0.25, -0.2) is 0 Å². The van der Waals surface area contributed by atoms with Gasteiger partial charge in [-0.1, -0.05) is 34.1 Å². The minimum Gasteiger partial charge on any atom is -0.294 e. The average molecular weight is 358 g/mol. The third kappa shape index (κ3) is 3.02. The number of fused-ring (bicyclic) bond motifs is 1. The van der Waals surface area contributed by atoms with Gasteiger partial charge in [0.2, 0.25) is 0 Å². The minimum atomic E-state index is -0.555. The molecule has 0 spiro atoms. The summed E-state index contributed by atoms with van der Waals surface area (Å²) in [5.41, 5.74) is 2.68. The molecule has 1 heterocycles. The van der Waals surface area contributed by atoms with E-state index < -0.39 is 12.0 Å². The van der Waals surface area contributed by atoms with E-state index >= 15 is 0 Å². The van der Waals surface area contributed by atoms with Crippen LogP contribution in [0.5, 0.6) is 0 Å². The molecule has 3 rings (SSSR count). The number of nitrogens with zero attached hydrogens (tertiary/aromatic N) is 1. The molecule has 0 saturated heterocycles. The maximum absolute atomic E-state index is 12.5. The van der Waals surface area contributed by atoms with Crippen LogP contribution < -0.4 is 0 Å². The summed E-state index contributed by atoms with van der Waals surface area (Å²) < 4.78 is 1.03. The number of allylic oxidation sites excluding steroid dienone is 2. The summed E-state index contributed by atoms with van der Waals surface area (Å²) in [4.78, 5) is 29.0. The fraction of sp³-hybridized carbons (Fsp3) is 0.278. The van der Waals surface area contributed by atoms with Crippen LogP contribution in [0, 0.1) is 5.92 Å². The first kappa shape index (κ1) is 15.1. The molecular formula is C18H16BrNO2. The Labute approximate surface area is 138 Å². The molecular weight excluding hydrogens is 342 g/mol. The van der Waals surface area contributed by atoms with Crippen molar-refractivity contribution in [3.8, 4) is 0 Å². The van der Waals surface area contributed by atoms with E-state index in [2.05, 4.69) is 20.9 Å². The highest BCUT2D eigenvalue weighted by Crippen LogP contribution is 2.28. The van der Waals surface area contributed by atoms with E-state index in [-0.39, 0.29) is 11.6 Å². The summed E-state index contributed by atoms with van der Waals surface area (Å²) in [6, 6.07) is 7.45. The van der Waals surface area contributed by atoms with Gasteiger partial charge in [0.1, 0.15) is 6.04 Å². The number of aliphatic imine (C=N–C) groups is 1. The van der Waals surface area contributed by atoms with Crippen LogP contribution in [-0.2, 0) is 16.0 Å². The Morgan fingerprint density at radius 3 is 2.59 bits per heavy atom. The molecule has 22 heavy (non-hydrogen) atoms. The Bertz CT molecular complexity index is 713. The van der Waals surface area contributed by atoms with Gasteiger partial charge >= 0.3 is 0 Å². The van der Waals surface area contributed by atoms with E-state index in [1.54, 1.807) is 6.21 Å². The number of halogens is 1. The SMILES string of the molecule is CC1=CC2C(=O)C=C(CCc3ccc(Br)cc3)C(=O)C2N=C1. The highest BCUT2D eigenvalue weighted by molar-refractivity contribution is 9.10. The molecule has 0 radical (unpaired) electrons. The van der Waals surface area contributed by atoms with Crippen molar-refractivity contribution < 1.29 is 9.59 Å². The zero-order chi connectivity index (χ0) is 15.7. The van der Waals surface area contributed by atoms with Crippen molar-refractivity contribution in [1.29, 1.82) is 0 Å². The Morgan fingerprint density at radius 1 is 1.14 bits per heavy atom. The number of Topliss-reactive ketones (excluding diaryl/α,β-unsaturated/α-hetero) is 1. The summed E-state index contributed by atoms with van der Waals surface area (Å²) >= 11 is 3.40. The predicted octanol–water partition coefficient (Wildman–Crippen LogP) is 3.48. The lowest BCUT2D eigenvalue weighted by Gasteiger charge is -2.26. The molecule has 0 aromatic heterocycles. The zero-order valence-corrected chi connectivity index (χ0v) is 13.8. The molecule has 2 aliphatic rings.